The number of halogens is 3. The van der Waals surface area contributed by atoms with E-state index in [4.69, 9.17) is 10.5 Å². The van der Waals surface area contributed by atoms with E-state index >= 15 is 0 Å². The Morgan fingerprint density at radius 3 is 2.42 bits per heavy atom. The lowest BCUT2D eigenvalue weighted by molar-refractivity contribution is -0.178. The molecule has 0 saturated carbocycles. The van der Waals surface area contributed by atoms with Gasteiger partial charge in [-0.05, 0) is 11.5 Å². The lowest BCUT2D eigenvalue weighted by Crippen LogP contribution is -2.35. The van der Waals surface area contributed by atoms with Crippen molar-refractivity contribution >= 4 is 10.8 Å². The first-order valence-corrected chi connectivity index (χ1v) is 5.89. The molecule has 0 aromatic heterocycles. The van der Waals surface area contributed by atoms with Crippen molar-refractivity contribution in [2.75, 3.05) is 13.2 Å². The molecule has 0 saturated heterocycles. The maximum Gasteiger partial charge on any atom is 0.396 e. The predicted molar refractivity (Wildman–Crippen MR) is 68.0 cm³/mol. The molecule has 0 aliphatic carbocycles. The van der Waals surface area contributed by atoms with Gasteiger partial charge in [-0.15, -0.1) is 0 Å². The first kappa shape index (κ1) is 13.7. The van der Waals surface area contributed by atoms with E-state index in [1.807, 2.05) is 30.3 Å². The maximum absolute atomic E-state index is 12.6. The summed E-state index contributed by atoms with van der Waals surface area (Å²) >= 11 is 0. The maximum atomic E-state index is 12.6. The molecule has 19 heavy (non-hydrogen) atoms. The zero-order valence-corrected chi connectivity index (χ0v) is 10.2. The van der Waals surface area contributed by atoms with Crippen molar-refractivity contribution in [3.8, 4) is 5.75 Å². The van der Waals surface area contributed by atoms with E-state index < -0.39 is 25.2 Å². The van der Waals surface area contributed by atoms with Crippen LogP contribution in [0.25, 0.3) is 10.8 Å². The van der Waals surface area contributed by atoms with Gasteiger partial charge in [0.05, 0.1) is 0 Å². The molecule has 2 rings (SSSR count). The summed E-state index contributed by atoms with van der Waals surface area (Å²) in [5.41, 5.74) is 5.14. The largest absolute Gasteiger partial charge is 0.492 e. The second-order valence-electron chi connectivity index (χ2n) is 4.26. The lowest BCUT2D eigenvalue weighted by Gasteiger charge is -2.19. The second kappa shape index (κ2) is 5.48. The van der Waals surface area contributed by atoms with Crippen LogP contribution in [0.4, 0.5) is 13.2 Å². The van der Waals surface area contributed by atoms with Crippen LogP contribution in [-0.2, 0) is 0 Å². The molecule has 0 spiro atoms. The van der Waals surface area contributed by atoms with Crippen molar-refractivity contribution < 1.29 is 17.9 Å². The molecule has 0 fully saturated rings. The van der Waals surface area contributed by atoms with E-state index in [0.29, 0.717) is 5.75 Å². The summed E-state index contributed by atoms with van der Waals surface area (Å²) < 4.78 is 43.0. The van der Waals surface area contributed by atoms with Crippen LogP contribution in [0.15, 0.2) is 42.5 Å². The molecule has 0 radical (unpaired) electrons. The summed E-state index contributed by atoms with van der Waals surface area (Å²) in [6.45, 7) is -0.942. The normalized spacial score (nSPS) is 13.5. The number of ether oxygens (including phenoxy) is 1. The minimum atomic E-state index is -4.33. The van der Waals surface area contributed by atoms with Gasteiger partial charge in [0.1, 0.15) is 18.3 Å². The zero-order valence-electron chi connectivity index (χ0n) is 10.2. The average Bonchev–Trinajstić information content (AvgIpc) is 2.38. The van der Waals surface area contributed by atoms with E-state index in [1.54, 1.807) is 12.1 Å². The third-order valence-corrected chi connectivity index (χ3v) is 2.94. The van der Waals surface area contributed by atoms with E-state index in [0.717, 1.165) is 10.8 Å². The number of hydrogen-bond acceptors (Lipinski definition) is 2. The summed E-state index contributed by atoms with van der Waals surface area (Å²) in [6.07, 6.45) is -4.33. The van der Waals surface area contributed by atoms with Crippen LogP contribution in [0, 0.1) is 5.92 Å². The monoisotopic (exact) mass is 269 g/mol. The topological polar surface area (TPSA) is 35.2 Å². The van der Waals surface area contributed by atoms with Gasteiger partial charge in [0.2, 0.25) is 0 Å². The van der Waals surface area contributed by atoms with Crippen molar-refractivity contribution in [3.63, 3.8) is 0 Å². The number of rotatable bonds is 4. The lowest BCUT2D eigenvalue weighted by atomic mass is 10.1. The minimum absolute atomic E-state index is 0.445. The molecule has 2 aromatic carbocycles. The summed E-state index contributed by atoms with van der Waals surface area (Å²) in [7, 11) is 0. The standard InChI is InChI=1S/C14H14F3NO/c15-14(16,17)11(8-18)9-19-13-7-3-5-10-4-1-2-6-12(10)13/h1-7,11H,8-9,18H2. The Morgan fingerprint density at radius 2 is 1.74 bits per heavy atom. The first-order valence-electron chi connectivity index (χ1n) is 5.89. The van der Waals surface area contributed by atoms with Gasteiger partial charge in [-0.3, -0.25) is 0 Å². The van der Waals surface area contributed by atoms with Crippen LogP contribution in [0.3, 0.4) is 0 Å². The fraction of sp³-hybridized carbons (Fsp3) is 0.286. The molecule has 2 aromatic rings. The van der Waals surface area contributed by atoms with Crippen molar-refractivity contribution in [1.82, 2.24) is 0 Å². The Hall–Kier alpha value is -1.75. The molecular weight excluding hydrogens is 255 g/mol. The van der Waals surface area contributed by atoms with Crippen molar-refractivity contribution in [2.24, 2.45) is 11.7 Å². The summed E-state index contributed by atoms with van der Waals surface area (Å²) in [5.74, 6) is -1.20. The van der Waals surface area contributed by atoms with Crippen LogP contribution in [0.1, 0.15) is 0 Å². The van der Waals surface area contributed by atoms with Gasteiger partial charge < -0.3 is 10.5 Å². The molecule has 1 unspecified atom stereocenters. The molecule has 0 aliphatic heterocycles. The van der Waals surface area contributed by atoms with E-state index in [-0.39, 0.29) is 0 Å². The van der Waals surface area contributed by atoms with Crippen LogP contribution in [0.2, 0.25) is 0 Å². The number of nitrogens with two attached hydrogens (primary N) is 1. The third kappa shape index (κ3) is 3.17. The Bertz CT molecular complexity index is 548. The molecule has 102 valence electrons. The number of fused-ring (bicyclic) bond motifs is 1. The van der Waals surface area contributed by atoms with Crippen molar-refractivity contribution in [3.05, 3.63) is 42.5 Å². The molecule has 0 heterocycles. The van der Waals surface area contributed by atoms with E-state index in [2.05, 4.69) is 0 Å². The zero-order chi connectivity index (χ0) is 13.9. The van der Waals surface area contributed by atoms with E-state index in [9.17, 15) is 13.2 Å². The minimum Gasteiger partial charge on any atom is -0.492 e. The fourth-order valence-corrected chi connectivity index (χ4v) is 1.81. The Kier molecular flexibility index (Phi) is 3.95. The quantitative estimate of drug-likeness (QED) is 0.923. The third-order valence-electron chi connectivity index (χ3n) is 2.94. The Balaban J connectivity index is 2.18. The van der Waals surface area contributed by atoms with Crippen molar-refractivity contribution in [2.45, 2.75) is 6.18 Å². The van der Waals surface area contributed by atoms with Crippen molar-refractivity contribution in [1.29, 1.82) is 0 Å². The number of hydrogen-bond donors (Lipinski definition) is 1. The molecule has 0 aliphatic rings. The van der Waals surface area contributed by atoms with Crippen LogP contribution < -0.4 is 10.5 Å². The second-order valence-corrected chi connectivity index (χ2v) is 4.26. The van der Waals surface area contributed by atoms with Gasteiger partial charge in [-0.2, -0.15) is 13.2 Å². The molecule has 5 heteroatoms. The molecule has 2 N–H and O–H groups in total. The Morgan fingerprint density at radius 1 is 1.05 bits per heavy atom. The van der Waals surface area contributed by atoms with Gasteiger partial charge in [0.15, 0.2) is 0 Å². The van der Waals surface area contributed by atoms with Crippen LogP contribution >= 0.6 is 0 Å². The number of benzene rings is 2. The summed E-state index contributed by atoms with van der Waals surface area (Å²) in [6, 6.07) is 12.7. The molecule has 0 amide bonds. The highest BCUT2D eigenvalue weighted by molar-refractivity contribution is 5.88. The Labute approximate surface area is 109 Å². The van der Waals surface area contributed by atoms with Gasteiger partial charge in [0.25, 0.3) is 0 Å². The summed E-state index contributed by atoms with van der Waals surface area (Å²) in [4.78, 5) is 0. The molecular formula is C14H14F3NO. The van der Waals surface area contributed by atoms with Crippen LogP contribution in [0.5, 0.6) is 5.75 Å². The number of alkyl halides is 3. The van der Waals surface area contributed by atoms with Gasteiger partial charge in [0, 0.05) is 11.9 Å². The average molecular weight is 269 g/mol. The fourth-order valence-electron chi connectivity index (χ4n) is 1.81. The molecule has 0 bridgehead atoms. The molecule has 1 atom stereocenters. The highest BCUT2D eigenvalue weighted by Gasteiger charge is 2.39. The first-order chi connectivity index (χ1) is 9.02. The SMILES string of the molecule is NCC(COc1cccc2ccccc12)C(F)(F)F. The van der Waals surface area contributed by atoms with E-state index in [1.165, 1.54) is 0 Å². The highest BCUT2D eigenvalue weighted by atomic mass is 19.4. The van der Waals surface area contributed by atoms with Crippen LogP contribution in [-0.4, -0.2) is 19.3 Å². The highest BCUT2D eigenvalue weighted by Crippen LogP contribution is 2.29. The predicted octanol–water partition coefficient (Wildman–Crippen LogP) is 3.36. The smallest absolute Gasteiger partial charge is 0.396 e. The van der Waals surface area contributed by atoms with Gasteiger partial charge in [-0.1, -0.05) is 36.4 Å². The van der Waals surface area contributed by atoms with Gasteiger partial charge in [-0.25, -0.2) is 0 Å². The molecule has 2 nitrogen and oxygen atoms in total. The summed E-state index contributed by atoms with van der Waals surface area (Å²) in [5, 5.41) is 1.72. The van der Waals surface area contributed by atoms with Gasteiger partial charge >= 0.3 is 6.18 Å².